The standard InChI is InChI=1S/C19H22ClN3O3S/c20-14-7-2-3-8-15(14)21-17(25)12-27-18-13-6-1-4-9-16(13)23(10-5-11-24)19(26)22-18/h2-3,7-8,24H,1,4-6,9-12H2,(H,21,25). The molecule has 0 saturated heterocycles. The summed E-state index contributed by atoms with van der Waals surface area (Å²) in [5, 5.41) is 13.0. The first kappa shape index (κ1) is 19.9. The molecule has 1 heterocycles. The summed E-state index contributed by atoms with van der Waals surface area (Å²) in [6, 6.07) is 7.06. The van der Waals surface area contributed by atoms with Crippen molar-refractivity contribution in [1.82, 2.24) is 9.55 Å². The molecule has 1 amide bonds. The van der Waals surface area contributed by atoms with Crippen molar-refractivity contribution < 1.29 is 9.90 Å². The molecular formula is C19H22ClN3O3S. The van der Waals surface area contributed by atoms with E-state index in [1.807, 2.05) is 0 Å². The van der Waals surface area contributed by atoms with E-state index in [-0.39, 0.29) is 24.0 Å². The molecule has 2 aromatic rings. The number of benzene rings is 1. The number of nitrogens with one attached hydrogen (secondary N) is 1. The van der Waals surface area contributed by atoms with Crippen molar-refractivity contribution in [2.75, 3.05) is 17.7 Å². The Morgan fingerprint density at radius 3 is 2.85 bits per heavy atom. The van der Waals surface area contributed by atoms with Crippen LogP contribution in [-0.2, 0) is 24.2 Å². The minimum atomic E-state index is -0.307. The van der Waals surface area contributed by atoms with Gasteiger partial charge in [0.1, 0.15) is 5.03 Å². The van der Waals surface area contributed by atoms with Gasteiger partial charge in [-0.1, -0.05) is 35.5 Å². The summed E-state index contributed by atoms with van der Waals surface area (Å²) >= 11 is 7.35. The summed E-state index contributed by atoms with van der Waals surface area (Å²) in [6.45, 7) is 0.516. The maximum absolute atomic E-state index is 12.4. The van der Waals surface area contributed by atoms with E-state index in [1.54, 1.807) is 28.8 Å². The molecule has 0 radical (unpaired) electrons. The van der Waals surface area contributed by atoms with Crippen LogP contribution in [0.2, 0.25) is 5.02 Å². The van der Waals surface area contributed by atoms with Gasteiger partial charge in [0.05, 0.1) is 16.5 Å². The van der Waals surface area contributed by atoms with E-state index in [1.165, 1.54) is 11.8 Å². The van der Waals surface area contributed by atoms with Crippen molar-refractivity contribution in [3.8, 4) is 0 Å². The van der Waals surface area contributed by atoms with Crippen LogP contribution in [0.15, 0.2) is 34.1 Å². The third kappa shape index (κ3) is 4.91. The second-order valence-electron chi connectivity index (χ2n) is 6.38. The van der Waals surface area contributed by atoms with Crippen molar-refractivity contribution in [3.63, 3.8) is 0 Å². The lowest BCUT2D eigenvalue weighted by molar-refractivity contribution is -0.113. The zero-order chi connectivity index (χ0) is 19.2. The lowest BCUT2D eigenvalue weighted by atomic mass is 9.97. The molecule has 1 aliphatic carbocycles. The van der Waals surface area contributed by atoms with Crippen LogP contribution in [-0.4, -0.2) is 32.9 Å². The average molecular weight is 408 g/mol. The first-order valence-electron chi connectivity index (χ1n) is 9.00. The summed E-state index contributed by atoms with van der Waals surface area (Å²) in [6.07, 6.45) is 4.30. The van der Waals surface area contributed by atoms with Crippen molar-refractivity contribution in [1.29, 1.82) is 0 Å². The van der Waals surface area contributed by atoms with Crippen LogP contribution in [0.4, 0.5) is 5.69 Å². The summed E-state index contributed by atoms with van der Waals surface area (Å²) in [7, 11) is 0. The van der Waals surface area contributed by atoms with E-state index in [9.17, 15) is 9.59 Å². The number of nitrogens with zero attached hydrogens (tertiary/aromatic N) is 2. The highest BCUT2D eigenvalue weighted by molar-refractivity contribution is 8.00. The van der Waals surface area contributed by atoms with Crippen LogP contribution in [0, 0.1) is 0 Å². The Hall–Kier alpha value is -1.83. The number of halogens is 1. The first-order valence-corrected chi connectivity index (χ1v) is 10.4. The van der Waals surface area contributed by atoms with Gasteiger partial charge < -0.3 is 10.4 Å². The smallest absolute Gasteiger partial charge is 0.348 e. The molecule has 0 spiro atoms. The Kier molecular flexibility index (Phi) is 6.93. The van der Waals surface area contributed by atoms with Gasteiger partial charge in [0.25, 0.3) is 0 Å². The van der Waals surface area contributed by atoms with Crippen LogP contribution >= 0.6 is 23.4 Å². The Morgan fingerprint density at radius 1 is 1.30 bits per heavy atom. The minimum absolute atomic E-state index is 0.0416. The van der Waals surface area contributed by atoms with Gasteiger partial charge in [0.2, 0.25) is 5.91 Å². The van der Waals surface area contributed by atoms with Crippen LogP contribution in [0.1, 0.15) is 30.5 Å². The van der Waals surface area contributed by atoms with Crippen molar-refractivity contribution in [2.24, 2.45) is 0 Å². The highest BCUT2D eigenvalue weighted by Gasteiger charge is 2.21. The fraction of sp³-hybridized carbons (Fsp3) is 0.421. The molecule has 0 unspecified atom stereocenters. The molecule has 3 rings (SSSR count). The molecule has 0 aliphatic heterocycles. The molecule has 144 valence electrons. The predicted octanol–water partition coefficient (Wildman–Crippen LogP) is 2.89. The first-order chi connectivity index (χ1) is 13.1. The molecule has 8 heteroatoms. The molecule has 27 heavy (non-hydrogen) atoms. The number of anilines is 1. The second-order valence-corrected chi connectivity index (χ2v) is 7.75. The number of aliphatic hydroxyl groups is 1. The molecule has 6 nitrogen and oxygen atoms in total. The fourth-order valence-electron chi connectivity index (χ4n) is 3.21. The SMILES string of the molecule is O=C(CSc1nc(=O)n(CCCO)c2c1CCCC2)Nc1ccccc1Cl. The summed E-state index contributed by atoms with van der Waals surface area (Å²) < 4.78 is 1.68. The van der Waals surface area contributed by atoms with E-state index in [0.29, 0.717) is 28.7 Å². The van der Waals surface area contributed by atoms with Gasteiger partial charge in [-0.2, -0.15) is 4.98 Å². The topological polar surface area (TPSA) is 84.2 Å². The number of carbonyl (C=O) groups excluding carboxylic acids is 1. The number of hydrogen-bond donors (Lipinski definition) is 2. The number of amides is 1. The van der Waals surface area contributed by atoms with Crippen LogP contribution < -0.4 is 11.0 Å². The highest BCUT2D eigenvalue weighted by atomic mass is 35.5. The Labute approximate surface area is 167 Å². The summed E-state index contributed by atoms with van der Waals surface area (Å²) in [5.74, 6) is -0.0333. The monoisotopic (exact) mass is 407 g/mol. The normalized spacial score (nSPS) is 13.3. The molecule has 1 aliphatic rings. The van der Waals surface area contributed by atoms with Gasteiger partial charge in [-0.05, 0) is 44.2 Å². The number of aromatic nitrogens is 2. The predicted molar refractivity (Wildman–Crippen MR) is 108 cm³/mol. The molecule has 0 fully saturated rings. The lowest BCUT2D eigenvalue weighted by Gasteiger charge is -2.22. The number of fused-ring (bicyclic) bond motifs is 1. The molecule has 0 saturated carbocycles. The zero-order valence-electron chi connectivity index (χ0n) is 14.9. The molecule has 0 atom stereocenters. The van der Waals surface area contributed by atoms with Crippen LogP contribution in [0.25, 0.3) is 0 Å². The van der Waals surface area contributed by atoms with Crippen LogP contribution in [0.3, 0.4) is 0 Å². The van der Waals surface area contributed by atoms with Crippen molar-refractivity contribution in [2.45, 2.75) is 43.7 Å². The number of carbonyl (C=O) groups is 1. The lowest BCUT2D eigenvalue weighted by Crippen LogP contribution is -2.30. The molecular weight excluding hydrogens is 386 g/mol. The summed E-state index contributed by atoms with van der Waals surface area (Å²) in [5.41, 5.74) is 2.33. The molecule has 0 bridgehead atoms. The van der Waals surface area contributed by atoms with E-state index < -0.39 is 0 Å². The van der Waals surface area contributed by atoms with Crippen molar-refractivity contribution in [3.05, 3.63) is 51.0 Å². The van der Waals surface area contributed by atoms with Crippen molar-refractivity contribution >= 4 is 35.0 Å². The van der Waals surface area contributed by atoms with E-state index >= 15 is 0 Å². The molecule has 1 aromatic carbocycles. The van der Waals surface area contributed by atoms with Gasteiger partial charge in [-0.15, -0.1) is 0 Å². The molecule has 1 aromatic heterocycles. The highest BCUT2D eigenvalue weighted by Crippen LogP contribution is 2.29. The summed E-state index contributed by atoms with van der Waals surface area (Å²) in [4.78, 5) is 28.9. The largest absolute Gasteiger partial charge is 0.396 e. The van der Waals surface area contributed by atoms with Crippen LogP contribution in [0.5, 0.6) is 0 Å². The maximum atomic E-state index is 12.4. The van der Waals surface area contributed by atoms with Gasteiger partial charge in [0, 0.05) is 24.4 Å². The van der Waals surface area contributed by atoms with Gasteiger partial charge >= 0.3 is 5.69 Å². The number of para-hydroxylation sites is 1. The third-order valence-corrected chi connectivity index (χ3v) is 5.83. The van der Waals surface area contributed by atoms with Gasteiger partial charge in [-0.25, -0.2) is 4.79 Å². The van der Waals surface area contributed by atoms with E-state index in [2.05, 4.69) is 10.3 Å². The second kappa shape index (κ2) is 9.39. The Bertz CT molecular complexity index is 885. The number of hydrogen-bond acceptors (Lipinski definition) is 5. The molecule has 2 N–H and O–H groups in total. The van der Waals surface area contributed by atoms with Gasteiger partial charge in [-0.3, -0.25) is 9.36 Å². The zero-order valence-corrected chi connectivity index (χ0v) is 16.5. The van der Waals surface area contributed by atoms with Gasteiger partial charge in [0.15, 0.2) is 0 Å². The number of thioether (sulfide) groups is 1. The average Bonchev–Trinajstić information content (AvgIpc) is 2.67. The Balaban J connectivity index is 1.75. The fourth-order valence-corrected chi connectivity index (χ4v) is 4.27. The number of rotatable bonds is 7. The van der Waals surface area contributed by atoms with E-state index in [4.69, 9.17) is 16.7 Å². The Morgan fingerprint density at radius 2 is 2.07 bits per heavy atom. The quantitative estimate of drug-likeness (QED) is 0.544. The third-order valence-electron chi connectivity index (χ3n) is 4.48. The minimum Gasteiger partial charge on any atom is -0.396 e. The van der Waals surface area contributed by atoms with E-state index in [0.717, 1.165) is 36.9 Å². The maximum Gasteiger partial charge on any atom is 0.348 e. The number of aliphatic hydroxyl groups excluding tert-OH is 1.